The highest BCUT2D eigenvalue weighted by Gasteiger charge is 2.12. The minimum atomic E-state index is -0.482. The number of halogens is 1. The molecule has 0 atom stereocenters. The molecular formula is C16H14INO4. The average Bonchev–Trinajstić information content (AvgIpc) is 2.53. The van der Waals surface area contributed by atoms with Crippen molar-refractivity contribution in [1.82, 2.24) is 0 Å². The van der Waals surface area contributed by atoms with Gasteiger partial charge in [-0.1, -0.05) is 12.1 Å². The number of methoxy groups -OCH3 is 1. The summed E-state index contributed by atoms with van der Waals surface area (Å²) in [7, 11) is 1.51. The molecule has 0 fully saturated rings. The number of carbonyl (C=O) groups excluding carboxylic acids is 2. The van der Waals surface area contributed by atoms with Crippen molar-refractivity contribution in [3.63, 3.8) is 0 Å². The van der Waals surface area contributed by atoms with Gasteiger partial charge in [0.1, 0.15) is 12.9 Å². The number of benzene rings is 2. The first-order valence-corrected chi connectivity index (χ1v) is 7.47. The van der Waals surface area contributed by atoms with Gasteiger partial charge in [0.25, 0.3) is 0 Å². The van der Waals surface area contributed by atoms with E-state index in [0.717, 1.165) is 15.4 Å². The highest BCUT2D eigenvalue weighted by atomic mass is 127. The topological polar surface area (TPSA) is 78.6 Å². The third-order valence-electron chi connectivity index (χ3n) is 2.98. The Kier molecular flexibility index (Phi) is 5.37. The zero-order valence-corrected chi connectivity index (χ0v) is 14.0. The maximum absolute atomic E-state index is 11.2. The number of carbonyl (C=O) groups is 2. The summed E-state index contributed by atoms with van der Waals surface area (Å²) in [4.78, 5) is 22.1. The van der Waals surface area contributed by atoms with Crippen molar-refractivity contribution in [2.45, 2.75) is 6.61 Å². The van der Waals surface area contributed by atoms with E-state index >= 15 is 0 Å². The molecule has 2 N–H and O–H groups in total. The molecule has 6 heteroatoms. The molecular weight excluding hydrogens is 397 g/mol. The highest BCUT2D eigenvalue weighted by Crippen LogP contribution is 2.34. The van der Waals surface area contributed by atoms with Crippen molar-refractivity contribution < 1.29 is 19.1 Å². The number of primary amides is 1. The lowest BCUT2D eigenvalue weighted by Gasteiger charge is -2.13. The Morgan fingerprint density at radius 1 is 1.32 bits per heavy atom. The van der Waals surface area contributed by atoms with Gasteiger partial charge in [0.05, 0.1) is 10.7 Å². The summed E-state index contributed by atoms with van der Waals surface area (Å²) in [6.07, 6.45) is 0.755. The largest absolute Gasteiger partial charge is 0.493 e. The minimum Gasteiger partial charge on any atom is -0.493 e. The Hall–Kier alpha value is -2.09. The fourth-order valence-electron chi connectivity index (χ4n) is 1.92. The molecule has 0 spiro atoms. The number of hydrogen-bond acceptors (Lipinski definition) is 4. The molecule has 22 heavy (non-hydrogen) atoms. The fourth-order valence-corrected chi connectivity index (χ4v) is 2.70. The van der Waals surface area contributed by atoms with E-state index in [-0.39, 0.29) is 6.61 Å². The lowest BCUT2D eigenvalue weighted by molar-refractivity contribution is 0.0999. The normalized spacial score (nSPS) is 10.1. The molecule has 0 unspecified atom stereocenters. The van der Waals surface area contributed by atoms with Crippen molar-refractivity contribution in [1.29, 1.82) is 0 Å². The molecule has 2 rings (SSSR count). The Balaban J connectivity index is 2.23. The first kappa shape index (κ1) is 16.3. The molecule has 0 bridgehead atoms. The summed E-state index contributed by atoms with van der Waals surface area (Å²) in [6, 6.07) is 10.2. The maximum atomic E-state index is 11.2. The zero-order chi connectivity index (χ0) is 16.1. The van der Waals surface area contributed by atoms with Gasteiger partial charge in [-0.3, -0.25) is 9.59 Å². The van der Waals surface area contributed by atoms with Gasteiger partial charge >= 0.3 is 0 Å². The van der Waals surface area contributed by atoms with E-state index in [9.17, 15) is 9.59 Å². The van der Waals surface area contributed by atoms with Crippen LogP contribution in [0.3, 0.4) is 0 Å². The third-order valence-corrected chi connectivity index (χ3v) is 3.78. The molecule has 0 saturated heterocycles. The van der Waals surface area contributed by atoms with Gasteiger partial charge in [-0.15, -0.1) is 0 Å². The second-order valence-electron chi connectivity index (χ2n) is 4.51. The van der Waals surface area contributed by atoms with Crippen LogP contribution in [0.1, 0.15) is 26.3 Å². The standard InChI is InChI=1S/C16H14INO4/c1-21-14-7-11(8-19)6-13(17)15(14)22-9-10-3-2-4-12(5-10)16(18)20/h2-8H,9H2,1H3,(H2,18,20). The van der Waals surface area contributed by atoms with E-state index in [1.54, 1.807) is 30.3 Å². The van der Waals surface area contributed by atoms with Crippen LogP contribution >= 0.6 is 22.6 Å². The van der Waals surface area contributed by atoms with Gasteiger partial charge in [0, 0.05) is 11.1 Å². The summed E-state index contributed by atoms with van der Waals surface area (Å²) >= 11 is 2.08. The monoisotopic (exact) mass is 411 g/mol. The lowest BCUT2D eigenvalue weighted by Crippen LogP contribution is -2.11. The first-order chi connectivity index (χ1) is 10.5. The van der Waals surface area contributed by atoms with Gasteiger partial charge in [-0.2, -0.15) is 0 Å². The van der Waals surface area contributed by atoms with Crippen molar-refractivity contribution >= 4 is 34.8 Å². The predicted octanol–water partition coefficient (Wildman–Crippen LogP) is 2.79. The highest BCUT2D eigenvalue weighted by molar-refractivity contribution is 14.1. The van der Waals surface area contributed by atoms with Gasteiger partial charge in [-0.05, 0) is 52.4 Å². The van der Waals surface area contributed by atoms with Crippen molar-refractivity contribution in [2.75, 3.05) is 7.11 Å². The van der Waals surface area contributed by atoms with E-state index in [2.05, 4.69) is 22.6 Å². The Bertz CT molecular complexity index is 715. The molecule has 1 amide bonds. The van der Waals surface area contributed by atoms with Crippen LogP contribution in [-0.2, 0) is 6.61 Å². The van der Waals surface area contributed by atoms with Crippen LogP contribution < -0.4 is 15.2 Å². The van der Waals surface area contributed by atoms with E-state index in [4.69, 9.17) is 15.2 Å². The molecule has 114 valence electrons. The van der Waals surface area contributed by atoms with Crippen LogP contribution in [0.25, 0.3) is 0 Å². The SMILES string of the molecule is COc1cc(C=O)cc(I)c1OCc1cccc(C(N)=O)c1. The lowest BCUT2D eigenvalue weighted by atomic mass is 10.1. The van der Waals surface area contributed by atoms with Crippen LogP contribution in [0.5, 0.6) is 11.5 Å². The van der Waals surface area contributed by atoms with E-state index in [1.807, 2.05) is 6.07 Å². The molecule has 2 aromatic carbocycles. The van der Waals surface area contributed by atoms with Crippen molar-refractivity contribution in [3.05, 3.63) is 56.7 Å². The fraction of sp³-hybridized carbons (Fsp3) is 0.125. The van der Waals surface area contributed by atoms with Gasteiger partial charge in [0.2, 0.25) is 5.91 Å². The number of aldehydes is 1. The molecule has 0 aromatic heterocycles. The summed E-state index contributed by atoms with van der Waals surface area (Å²) in [5.74, 6) is 0.558. The zero-order valence-electron chi connectivity index (χ0n) is 11.8. The second-order valence-corrected chi connectivity index (χ2v) is 5.67. The molecule has 0 aliphatic heterocycles. The minimum absolute atomic E-state index is 0.258. The summed E-state index contributed by atoms with van der Waals surface area (Å²) in [5, 5.41) is 0. The van der Waals surface area contributed by atoms with Crippen LogP contribution in [0.4, 0.5) is 0 Å². The van der Waals surface area contributed by atoms with Crippen LogP contribution in [-0.4, -0.2) is 19.3 Å². The van der Waals surface area contributed by atoms with Gasteiger partial charge in [0.15, 0.2) is 11.5 Å². The van der Waals surface area contributed by atoms with Gasteiger partial charge < -0.3 is 15.2 Å². The molecule has 0 aliphatic rings. The quantitative estimate of drug-likeness (QED) is 0.586. The van der Waals surface area contributed by atoms with Crippen LogP contribution in [0, 0.1) is 3.57 Å². The molecule has 0 heterocycles. The summed E-state index contributed by atoms with van der Waals surface area (Å²) in [5.41, 5.74) is 7.02. The number of rotatable bonds is 6. The van der Waals surface area contributed by atoms with E-state index in [0.29, 0.717) is 22.6 Å². The van der Waals surface area contributed by atoms with Crippen molar-refractivity contribution in [3.8, 4) is 11.5 Å². The second kappa shape index (κ2) is 7.26. The molecule has 0 radical (unpaired) electrons. The van der Waals surface area contributed by atoms with Gasteiger partial charge in [-0.25, -0.2) is 0 Å². The number of amides is 1. The van der Waals surface area contributed by atoms with E-state index < -0.39 is 5.91 Å². The number of ether oxygens (including phenoxy) is 2. The average molecular weight is 411 g/mol. The smallest absolute Gasteiger partial charge is 0.248 e. The number of nitrogens with two attached hydrogens (primary N) is 1. The Morgan fingerprint density at radius 2 is 2.09 bits per heavy atom. The molecule has 5 nitrogen and oxygen atoms in total. The van der Waals surface area contributed by atoms with Crippen molar-refractivity contribution in [2.24, 2.45) is 5.73 Å². The number of hydrogen-bond donors (Lipinski definition) is 1. The molecule has 0 saturated carbocycles. The predicted molar refractivity (Wildman–Crippen MR) is 90.4 cm³/mol. The Morgan fingerprint density at radius 3 is 2.73 bits per heavy atom. The summed E-state index contributed by atoms with van der Waals surface area (Å²) < 4.78 is 11.8. The Labute approximate surface area is 141 Å². The molecule has 0 aliphatic carbocycles. The van der Waals surface area contributed by atoms with Crippen LogP contribution in [0.15, 0.2) is 36.4 Å². The first-order valence-electron chi connectivity index (χ1n) is 6.39. The van der Waals surface area contributed by atoms with E-state index in [1.165, 1.54) is 7.11 Å². The maximum Gasteiger partial charge on any atom is 0.248 e. The van der Waals surface area contributed by atoms with Crippen LogP contribution in [0.2, 0.25) is 0 Å². The third kappa shape index (κ3) is 3.76. The summed E-state index contributed by atoms with van der Waals surface area (Å²) in [6.45, 7) is 0.258. The molecule has 2 aromatic rings.